The van der Waals surface area contributed by atoms with Crippen molar-refractivity contribution < 1.29 is 8.42 Å². The number of halogens is 1. The molecule has 1 aromatic carbocycles. The van der Waals surface area contributed by atoms with Crippen LogP contribution in [-0.2, 0) is 10.0 Å². The maximum absolute atomic E-state index is 12.8. The van der Waals surface area contributed by atoms with Crippen molar-refractivity contribution in [2.45, 2.75) is 11.8 Å². The van der Waals surface area contributed by atoms with E-state index in [9.17, 15) is 8.42 Å². The third-order valence-electron chi connectivity index (χ3n) is 3.09. The highest BCUT2D eigenvalue weighted by Gasteiger charge is 2.21. The first kappa shape index (κ1) is 13.3. The fourth-order valence-corrected chi connectivity index (χ4v) is 4.22. The van der Waals surface area contributed by atoms with Gasteiger partial charge in [-0.3, -0.25) is 0 Å². The first-order chi connectivity index (χ1) is 9.51. The van der Waals surface area contributed by atoms with Gasteiger partial charge in [-0.05, 0) is 47.1 Å². The summed E-state index contributed by atoms with van der Waals surface area (Å²) in [7, 11) is -3.60. The smallest absolute Gasteiger partial charge is 0.249 e. The quantitative estimate of drug-likeness (QED) is 0.666. The van der Waals surface area contributed by atoms with Crippen LogP contribution in [0.4, 0.5) is 0 Å². The van der Waals surface area contributed by atoms with Crippen LogP contribution in [0.2, 0.25) is 0 Å². The molecular formula is C14H11BrN2O2S. The van der Waals surface area contributed by atoms with E-state index < -0.39 is 10.0 Å². The average molecular weight is 351 g/mol. The Hall–Kier alpha value is -1.66. The van der Waals surface area contributed by atoms with Gasteiger partial charge in [0.05, 0.1) is 10.4 Å². The Kier molecular flexibility index (Phi) is 3.14. The lowest BCUT2D eigenvalue weighted by molar-refractivity contribution is 0.588. The Balaban J connectivity index is 2.36. The molecule has 3 rings (SSSR count). The topological polar surface area (TPSA) is 52.0 Å². The van der Waals surface area contributed by atoms with Crippen molar-refractivity contribution in [3.05, 3.63) is 59.0 Å². The number of rotatable bonds is 2. The molecule has 0 amide bonds. The predicted octanol–water partition coefficient (Wildman–Crippen LogP) is 3.34. The molecular weight excluding hydrogens is 340 g/mol. The molecule has 20 heavy (non-hydrogen) atoms. The molecule has 0 aliphatic rings. The van der Waals surface area contributed by atoms with Crippen LogP contribution in [0.1, 0.15) is 5.69 Å². The Morgan fingerprint density at radius 1 is 1.15 bits per heavy atom. The summed E-state index contributed by atoms with van der Waals surface area (Å²) in [4.78, 5) is 4.40. The molecule has 102 valence electrons. The molecule has 0 aliphatic heterocycles. The number of aromatic nitrogens is 2. The first-order valence-corrected chi connectivity index (χ1v) is 8.18. The molecule has 0 aliphatic carbocycles. The lowest BCUT2D eigenvalue weighted by atomic mass is 10.3. The van der Waals surface area contributed by atoms with Gasteiger partial charge < -0.3 is 0 Å². The summed E-state index contributed by atoms with van der Waals surface area (Å²) in [6.07, 6.45) is 1.59. The summed E-state index contributed by atoms with van der Waals surface area (Å²) >= 11 is 3.35. The zero-order chi connectivity index (χ0) is 14.3. The van der Waals surface area contributed by atoms with Gasteiger partial charge in [0.2, 0.25) is 0 Å². The van der Waals surface area contributed by atoms with E-state index in [2.05, 4.69) is 20.9 Å². The molecule has 2 heterocycles. The minimum absolute atomic E-state index is 0.272. The summed E-state index contributed by atoms with van der Waals surface area (Å²) < 4.78 is 27.5. The molecule has 0 spiro atoms. The average Bonchev–Trinajstić information content (AvgIpc) is 2.78. The molecule has 3 aromatic rings. The summed E-state index contributed by atoms with van der Waals surface area (Å²) in [5.41, 5.74) is 1.27. The second-order valence-electron chi connectivity index (χ2n) is 4.40. The molecule has 0 atom stereocenters. The van der Waals surface area contributed by atoms with Crippen LogP contribution < -0.4 is 0 Å². The van der Waals surface area contributed by atoms with Crippen molar-refractivity contribution in [3.63, 3.8) is 0 Å². The van der Waals surface area contributed by atoms with Crippen LogP contribution in [0.3, 0.4) is 0 Å². The van der Waals surface area contributed by atoms with Crippen molar-refractivity contribution in [3.8, 4) is 0 Å². The second kappa shape index (κ2) is 4.71. The number of aryl methyl sites for hydroxylation is 1. The summed E-state index contributed by atoms with van der Waals surface area (Å²) in [5.74, 6) is 0. The number of pyridine rings is 1. The third kappa shape index (κ3) is 1.96. The van der Waals surface area contributed by atoms with Crippen molar-refractivity contribution in [1.82, 2.24) is 8.96 Å². The maximum atomic E-state index is 12.8. The molecule has 0 unspecified atom stereocenters. The van der Waals surface area contributed by atoms with Crippen LogP contribution in [0, 0.1) is 6.92 Å². The number of fused-ring (bicyclic) bond motifs is 1. The third-order valence-corrected chi connectivity index (χ3v) is 5.56. The van der Waals surface area contributed by atoms with Crippen LogP contribution >= 0.6 is 15.9 Å². The fourth-order valence-electron chi connectivity index (χ4n) is 2.22. The van der Waals surface area contributed by atoms with Gasteiger partial charge >= 0.3 is 0 Å². The lowest BCUT2D eigenvalue weighted by Crippen LogP contribution is -2.14. The monoisotopic (exact) mass is 350 g/mol. The molecule has 0 radical (unpaired) electrons. The molecule has 2 aromatic heterocycles. The van der Waals surface area contributed by atoms with Gasteiger partial charge in [-0.2, -0.15) is 0 Å². The standard InChI is InChI=1S/C14H11BrN2O2S/c1-10-9-12-13(7-8-16-14(12)15)17(10)20(18,19)11-5-3-2-4-6-11/h2-9H,1H3. The minimum Gasteiger partial charge on any atom is -0.249 e. The van der Waals surface area contributed by atoms with E-state index in [1.807, 2.05) is 6.07 Å². The molecule has 0 N–H and O–H groups in total. The van der Waals surface area contributed by atoms with E-state index >= 15 is 0 Å². The molecule has 0 fully saturated rings. The van der Waals surface area contributed by atoms with Gasteiger partial charge in [0.15, 0.2) is 0 Å². The Bertz CT molecular complexity index is 886. The van der Waals surface area contributed by atoms with Crippen molar-refractivity contribution in [1.29, 1.82) is 0 Å². The Morgan fingerprint density at radius 2 is 1.85 bits per heavy atom. The van der Waals surface area contributed by atoms with Crippen LogP contribution in [-0.4, -0.2) is 17.4 Å². The summed E-state index contributed by atoms with van der Waals surface area (Å²) in [6, 6.07) is 11.9. The SMILES string of the molecule is Cc1cc2c(Br)nccc2n1S(=O)(=O)c1ccccc1. The van der Waals surface area contributed by atoms with Crippen LogP contribution in [0.15, 0.2) is 58.2 Å². The van der Waals surface area contributed by atoms with E-state index in [4.69, 9.17) is 0 Å². The molecule has 6 heteroatoms. The van der Waals surface area contributed by atoms with Gasteiger partial charge in [0.25, 0.3) is 10.0 Å². The van der Waals surface area contributed by atoms with E-state index in [0.717, 1.165) is 5.39 Å². The molecule has 0 saturated heterocycles. The zero-order valence-corrected chi connectivity index (χ0v) is 13.0. The van der Waals surface area contributed by atoms with Crippen LogP contribution in [0.25, 0.3) is 10.9 Å². The van der Waals surface area contributed by atoms with Gasteiger partial charge in [-0.1, -0.05) is 18.2 Å². The number of benzene rings is 1. The lowest BCUT2D eigenvalue weighted by Gasteiger charge is -2.09. The summed E-state index contributed by atoms with van der Waals surface area (Å²) in [5, 5.41) is 0.782. The van der Waals surface area contributed by atoms with E-state index in [1.165, 1.54) is 3.97 Å². The Labute approximate surface area is 125 Å². The normalized spacial score (nSPS) is 11.9. The Morgan fingerprint density at radius 3 is 2.55 bits per heavy atom. The largest absolute Gasteiger partial charge is 0.268 e. The first-order valence-electron chi connectivity index (χ1n) is 5.95. The van der Waals surface area contributed by atoms with E-state index in [-0.39, 0.29) is 4.90 Å². The highest BCUT2D eigenvalue weighted by molar-refractivity contribution is 9.10. The van der Waals surface area contributed by atoms with Crippen molar-refractivity contribution in [2.24, 2.45) is 0 Å². The van der Waals surface area contributed by atoms with E-state index in [1.54, 1.807) is 49.5 Å². The van der Waals surface area contributed by atoms with E-state index in [0.29, 0.717) is 15.8 Å². The van der Waals surface area contributed by atoms with Gasteiger partial charge in [0.1, 0.15) is 4.60 Å². The predicted molar refractivity (Wildman–Crippen MR) is 81.2 cm³/mol. The zero-order valence-electron chi connectivity index (χ0n) is 10.6. The van der Waals surface area contributed by atoms with Gasteiger partial charge in [0, 0.05) is 17.3 Å². The van der Waals surface area contributed by atoms with Gasteiger partial charge in [-0.15, -0.1) is 0 Å². The molecule has 4 nitrogen and oxygen atoms in total. The minimum atomic E-state index is -3.60. The highest BCUT2D eigenvalue weighted by Crippen LogP contribution is 2.28. The number of hydrogen-bond donors (Lipinski definition) is 0. The summed E-state index contributed by atoms with van der Waals surface area (Å²) in [6.45, 7) is 1.77. The fraction of sp³-hybridized carbons (Fsp3) is 0.0714. The highest BCUT2D eigenvalue weighted by atomic mass is 79.9. The van der Waals surface area contributed by atoms with Crippen molar-refractivity contribution >= 4 is 36.9 Å². The molecule has 0 saturated carbocycles. The molecule has 0 bridgehead atoms. The second-order valence-corrected chi connectivity index (χ2v) is 6.94. The number of hydrogen-bond acceptors (Lipinski definition) is 3. The van der Waals surface area contributed by atoms with Crippen molar-refractivity contribution in [2.75, 3.05) is 0 Å². The van der Waals surface area contributed by atoms with Crippen LogP contribution in [0.5, 0.6) is 0 Å². The number of nitrogens with zero attached hydrogens (tertiary/aromatic N) is 2. The maximum Gasteiger partial charge on any atom is 0.268 e. The van der Waals surface area contributed by atoms with Gasteiger partial charge in [-0.25, -0.2) is 17.4 Å².